The summed E-state index contributed by atoms with van der Waals surface area (Å²) in [5.41, 5.74) is 1.85. The zero-order valence-corrected chi connectivity index (χ0v) is 14.8. The van der Waals surface area contributed by atoms with E-state index >= 15 is 0 Å². The van der Waals surface area contributed by atoms with Gasteiger partial charge in [0.05, 0.1) is 25.1 Å². The second-order valence-electron chi connectivity index (χ2n) is 6.14. The molecule has 0 aliphatic carbocycles. The molecule has 4 rings (SSSR count). The topological polar surface area (TPSA) is 48.1 Å². The van der Waals surface area contributed by atoms with Crippen molar-refractivity contribution in [3.63, 3.8) is 0 Å². The molecule has 1 aliphatic heterocycles. The highest BCUT2D eigenvalue weighted by Crippen LogP contribution is 2.22. The summed E-state index contributed by atoms with van der Waals surface area (Å²) in [5.74, 6) is -0.245. The zero-order chi connectivity index (χ0) is 17.9. The Morgan fingerprint density at radius 3 is 2.62 bits per heavy atom. The van der Waals surface area contributed by atoms with Crippen molar-refractivity contribution in [2.75, 3.05) is 19.7 Å². The van der Waals surface area contributed by atoms with Crippen LogP contribution in [0.15, 0.2) is 54.6 Å². The molecule has 2 heterocycles. The molecule has 0 bridgehead atoms. The van der Waals surface area contributed by atoms with Gasteiger partial charge in [0.2, 0.25) is 4.77 Å². The molecule has 1 saturated heterocycles. The number of aromatic nitrogens is 4. The number of benzene rings is 2. The summed E-state index contributed by atoms with van der Waals surface area (Å²) in [6.07, 6.45) is -0.0947. The first-order valence-electron chi connectivity index (χ1n) is 8.38. The number of morpholine rings is 1. The van der Waals surface area contributed by atoms with E-state index in [9.17, 15) is 4.39 Å². The minimum absolute atomic E-state index is 0.0947. The van der Waals surface area contributed by atoms with Gasteiger partial charge in [-0.05, 0) is 52.5 Å². The molecule has 0 N–H and O–H groups in total. The van der Waals surface area contributed by atoms with Crippen molar-refractivity contribution in [1.82, 2.24) is 24.7 Å². The fraction of sp³-hybridized carbons (Fsp3) is 0.278. The number of hydrogen-bond donors (Lipinski definition) is 0. The van der Waals surface area contributed by atoms with Crippen molar-refractivity contribution in [2.24, 2.45) is 0 Å². The van der Waals surface area contributed by atoms with Crippen LogP contribution in [0, 0.1) is 10.6 Å². The van der Waals surface area contributed by atoms with E-state index in [4.69, 9.17) is 17.0 Å². The molecule has 1 fully saturated rings. The Balaban J connectivity index is 1.48. The van der Waals surface area contributed by atoms with Crippen molar-refractivity contribution in [3.8, 4) is 5.69 Å². The molecule has 0 amide bonds. The minimum Gasteiger partial charge on any atom is -0.371 e. The summed E-state index contributed by atoms with van der Waals surface area (Å²) in [5, 5.41) is 8.35. The maximum Gasteiger partial charge on any atom is 0.221 e. The quantitative estimate of drug-likeness (QED) is 0.660. The maximum atomic E-state index is 13.1. The van der Waals surface area contributed by atoms with Crippen LogP contribution in [0.25, 0.3) is 5.69 Å². The van der Waals surface area contributed by atoms with Crippen LogP contribution in [0.5, 0.6) is 0 Å². The van der Waals surface area contributed by atoms with Gasteiger partial charge < -0.3 is 4.74 Å². The summed E-state index contributed by atoms with van der Waals surface area (Å²) < 4.78 is 22.8. The number of nitrogens with zero attached hydrogens (tertiary/aromatic N) is 5. The Kier molecular flexibility index (Phi) is 4.87. The highest BCUT2D eigenvalue weighted by molar-refractivity contribution is 7.71. The molecule has 6 nitrogen and oxygen atoms in total. The van der Waals surface area contributed by atoms with Gasteiger partial charge in [-0.25, -0.2) is 9.07 Å². The highest BCUT2D eigenvalue weighted by atomic mass is 32.1. The van der Waals surface area contributed by atoms with Gasteiger partial charge in [0.1, 0.15) is 5.82 Å². The van der Waals surface area contributed by atoms with E-state index in [-0.39, 0.29) is 11.9 Å². The van der Waals surface area contributed by atoms with Crippen LogP contribution in [-0.4, -0.2) is 44.4 Å². The minimum atomic E-state index is -0.245. The second-order valence-corrected chi connectivity index (χ2v) is 6.50. The van der Waals surface area contributed by atoms with E-state index < -0.39 is 0 Å². The predicted octanol–water partition coefficient (Wildman–Crippen LogP) is 2.97. The van der Waals surface area contributed by atoms with E-state index in [2.05, 4.69) is 15.3 Å². The lowest BCUT2D eigenvalue weighted by Gasteiger charge is -2.32. The normalized spacial score (nSPS) is 18.1. The standard InChI is InChI=1S/C18H18FN5OS/c19-15-8-6-14(7-9-15)17-12-22(10-11-25-17)13-23-18(26)24(21-20-23)16-4-2-1-3-5-16/h1-9,17H,10-13H2/t17-/m1/s1. The average molecular weight is 371 g/mol. The third kappa shape index (κ3) is 3.57. The van der Waals surface area contributed by atoms with Gasteiger partial charge in [-0.1, -0.05) is 30.3 Å². The highest BCUT2D eigenvalue weighted by Gasteiger charge is 2.23. The average Bonchev–Trinajstić information content (AvgIpc) is 3.04. The number of ether oxygens (including phenoxy) is 1. The number of tetrazole rings is 1. The van der Waals surface area contributed by atoms with Gasteiger partial charge in [-0.2, -0.15) is 4.68 Å². The van der Waals surface area contributed by atoms with E-state index in [1.54, 1.807) is 21.5 Å². The fourth-order valence-electron chi connectivity index (χ4n) is 2.99. The number of rotatable bonds is 4. The van der Waals surface area contributed by atoms with Crippen LogP contribution in [0.1, 0.15) is 11.7 Å². The Morgan fingerprint density at radius 1 is 1.08 bits per heavy atom. The lowest BCUT2D eigenvalue weighted by molar-refractivity contribution is -0.0420. The fourth-order valence-corrected chi connectivity index (χ4v) is 3.23. The molecular formula is C18H18FN5OS. The smallest absolute Gasteiger partial charge is 0.221 e. The first-order chi connectivity index (χ1) is 12.7. The largest absolute Gasteiger partial charge is 0.371 e. The number of para-hydroxylation sites is 1. The van der Waals surface area contributed by atoms with E-state index in [0.717, 1.165) is 17.8 Å². The van der Waals surface area contributed by atoms with Gasteiger partial charge in [0, 0.05) is 13.1 Å². The molecule has 0 spiro atoms. The lowest BCUT2D eigenvalue weighted by atomic mass is 10.1. The van der Waals surface area contributed by atoms with Gasteiger partial charge in [-0.15, -0.1) is 0 Å². The van der Waals surface area contributed by atoms with Crippen LogP contribution in [-0.2, 0) is 11.4 Å². The molecule has 1 aliphatic rings. The Labute approximate surface area is 155 Å². The maximum absolute atomic E-state index is 13.1. The molecule has 0 unspecified atom stereocenters. The van der Waals surface area contributed by atoms with Gasteiger partial charge in [-0.3, -0.25) is 4.90 Å². The van der Waals surface area contributed by atoms with E-state index in [1.165, 1.54) is 12.1 Å². The molecule has 1 aromatic heterocycles. The van der Waals surface area contributed by atoms with Crippen molar-refractivity contribution in [1.29, 1.82) is 0 Å². The molecule has 0 saturated carbocycles. The zero-order valence-electron chi connectivity index (χ0n) is 14.0. The van der Waals surface area contributed by atoms with Gasteiger partial charge in [0.15, 0.2) is 0 Å². The van der Waals surface area contributed by atoms with Crippen LogP contribution in [0.2, 0.25) is 0 Å². The van der Waals surface area contributed by atoms with Crippen molar-refractivity contribution in [2.45, 2.75) is 12.8 Å². The second kappa shape index (κ2) is 7.45. The van der Waals surface area contributed by atoms with Crippen LogP contribution >= 0.6 is 12.2 Å². The van der Waals surface area contributed by atoms with Crippen molar-refractivity contribution in [3.05, 3.63) is 70.7 Å². The number of halogens is 1. The van der Waals surface area contributed by atoms with Crippen LogP contribution < -0.4 is 0 Å². The Morgan fingerprint density at radius 2 is 1.85 bits per heavy atom. The first-order valence-corrected chi connectivity index (χ1v) is 8.79. The molecule has 26 heavy (non-hydrogen) atoms. The van der Waals surface area contributed by atoms with Crippen LogP contribution in [0.3, 0.4) is 0 Å². The van der Waals surface area contributed by atoms with Crippen molar-refractivity contribution < 1.29 is 9.13 Å². The van der Waals surface area contributed by atoms with Gasteiger partial charge in [0.25, 0.3) is 0 Å². The summed E-state index contributed by atoms with van der Waals surface area (Å²) in [4.78, 5) is 2.21. The third-order valence-corrected chi connectivity index (χ3v) is 4.75. The molecule has 0 radical (unpaired) electrons. The summed E-state index contributed by atoms with van der Waals surface area (Å²) in [6.45, 7) is 2.60. The first kappa shape index (κ1) is 17.0. The molecular weight excluding hydrogens is 353 g/mol. The molecule has 2 aromatic carbocycles. The number of hydrogen-bond acceptors (Lipinski definition) is 5. The lowest BCUT2D eigenvalue weighted by Crippen LogP contribution is -2.39. The Hall–Kier alpha value is -2.42. The monoisotopic (exact) mass is 371 g/mol. The van der Waals surface area contributed by atoms with Gasteiger partial charge >= 0.3 is 0 Å². The summed E-state index contributed by atoms with van der Waals surface area (Å²) in [6, 6.07) is 16.1. The summed E-state index contributed by atoms with van der Waals surface area (Å²) in [7, 11) is 0. The molecule has 3 aromatic rings. The molecule has 134 valence electrons. The third-order valence-electron chi connectivity index (χ3n) is 4.37. The van der Waals surface area contributed by atoms with Crippen molar-refractivity contribution >= 4 is 12.2 Å². The molecule has 1 atom stereocenters. The van der Waals surface area contributed by atoms with E-state index in [1.807, 2.05) is 30.3 Å². The summed E-state index contributed by atoms with van der Waals surface area (Å²) >= 11 is 5.51. The van der Waals surface area contributed by atoms with Crippen LogP contribution in [0.4, 0.5) is 4.39 Å². The molecule has 8 heteroatoms. The predicted molar refractivity (Wildman–Crippen MR) is 96.8 cm³/mol. The van der Waals surface area contributed by atoms with E-state index in [0.29, 0.717) is 24.6 Å². The SMILES string of the molecule is Fc1ccc([C@H]2CN(Cn3nnn(-c4ccccc4)c3=S)CCO2)cc1. The Bertz CT molecular complexity index is 925.